The minimum atomic E-state index is -0.877. The molecule has 0 radical (unpaired) electrons. The van der Waals surface area contributed by atoms with Crippen LogP contribution < -0.4 is 21.7 Å². The average molecular weight is 501 g/mol. The molecule has 9 nitrogen and oxygen atoms in total. The number of rotatable bonds is 13. The zero-order valence-electron chi connectivity index (χ0n) is 21.5. The quantitative estimate of drug-likeness (QED) is 0.210. The molecule has 0 bridgehead atoms. The molecule has 0 saturated heterocycles. The van der Waals surface area contributed by atoms with Crippen molar-refractivity contribution in [1.82, 2.24) is 10.6 Å². The second-order valence-corrected chi connectivity index (χ2v) is 9.96. The number of aromatic hydroxyl groups is 1. The fraction of sp³-hybridized carbons (Fsp3) is 0.481. The topological polar surface area (TPSA) is 157 Å². The minimum Gasteiger partial charge on any atom is -0.506 e. The number of nitrogens with one attached hydrogen (secondary N) is 3. The number of benzene rings is 2. The molecule has 3 amide bonds. The number of carbonyl (C=O) groups excluding carboxylic acids is 2. The highest BCUT2D eigenvalue weighted by molar-refractivity contribution is 5.89. The molecule has 0 aliphatic rings. The van der Waals surface area contributed by atoms with E-state index in [2.05, 4.69) is 16.0 Å². The van der Waals surface area contributed by atoms with E-state index in [0.717, 1.165) is 17.5 Å². The molecule has 0 aromatic heterocycles. The van der Waals surface area contributed by atoms with Crippen LogP contribution in [0.2, 0.25) is 0 Å². The highest BCUT2D eigenvalue weighted by atomic mass is 16.3. The lowest BCUT2D eigenvalue weighted by Gasteiger charge is -2.28. The summed E-state index contributed by atoms with van der Waals surface area (Å²) in [5.74, 6) is -0.0652. The number of phenolic OH excluding ortho intramolecular Hbond substituents is 1. The van der Waals surface area contributed by atoms with Crippen molar-refractivity contribution in [2.45, 2.75) is 64.6 Å². The van der Waals surface area contributed by atoms with Gasteiger partial charge in [0.1, 0.15) is 5.75 Å². The number of aliphatic hydroxyl groups excluding tert-OH is 2. The molecule has 9 heteroatoms. The number of hydrogen-bond donors (Lipinski definition) is 7. The molecule has 0 heterocycles. The predicted molar refractivity (Wildman–Crippen MR) is 141 cm³/mol. The Balaban J connectivity index is 1.97. The third-order valence-electron chi connectivity index (χ3n) is 6.31. The zero-order valence-corrected chi connectivity index (χ0v) is 21.5. The summed E-state index contributed by atoms with van der Waals surface area (Å²) in [5.41, 5.74) is 7.34. The van der Waals surface area contributed by atoms with E-state index in [1.807, 2.05) is 52.0 Å². The highest BCUT2D eigenvalue weighted by Gasteiger charge is 2.21. The molecule has 0 aliphatic carbocycles. The van der Waals surface area contributed by atoms with Crippen LogP contribution in [0.3, 0.4) is 0 Å². The van der Waals surface area contributed by atoms with Gasteiger partial charge in [-0.1, -0.05) is 50.6 Å². The number of amides is 3. The van der Waals surface area contributed by atoms with Crippen LogP contribution in [-0.4, -0.2) is 52.0 Å². The van der Waals surface area contributed by atoms with Crippen molar-refractivity contribution in [3.05, 3.63) is 59.2 Å². The molecule has 36 heavy (non-hydrogen) atoms. The number of β-amino-alcohol motifs (C(OH)–C–C–N with tert-alkyl or cyclic N) is 1. The number of hydrogen-bond acceptors (Lipinski definition) is 6. The number of urea groups is 1. The smallest absolute Gasteiger partial charge is 0.316 e. The molecule has 0 fully saturated rings. The molecule has 3 atom stereocenters. The maximum Gasteiger partial charge on any atom is 0.316 e. The van der Waals surface area contributed by atoms with Gasteiger partial charge in [-0.2, -0.15) is 0 Å². The fourth-order valence-electron chi connectivity index (χ4n) is 4.00. The van der Waals surface area contributed by atoms with E-state index in [1.165, 1.54) is 12.1 Å². The second-order valence-electron chi connectivity index (χ2n) is 9.96. The number of nitrogens with two attached hydrogens (primary N) is 1. The van der Waals surface area contributed by atoms with Crippen LogP contribution >= 0.6 is 0 Å². The third kappa shape index (κ3) is 9.14. The lowest BCUT2D eigenvalue weighted by molar-refractivity contribution is -0.121. The summed E-state index contributed by atoms with van der Waals surface area (Å²) in [6.45, 7) is 8.24. The zero-order chi connectivity index (χ0) is 26.9. The molecule has 198 valence electrons. The third-order valence-corrected chi connectivity index (χ3v) is 6.31. The van der Waals surface area contributed by atoms with Gasteiger partial charge in [0.2, 0.25) is 5.91 Å². The Morgan fingerprint density at radius 1 is 1.11 bits per heavy atom. The van der Waals surface area contributed by atoms with Gasteiger partial charge in [-0.15, -0.1) is 0 Å². The fourth-order valence-corrected chi connectivity index (χ4v) is 4.00. The van der Waals surface area contributed by atoms with Crippen molar-refractivity contribution in [3.8, 4) is 5.75 Å². The molecule has 2 rings (SSSR count). The Morgan fingerprint density at radius 3 is 2.44 bits per heavy atom. The van der Waals surface area contributed by atoms with E-state index in [-0.39, 0.29) is 54.4 Å². The number of carbonyl (C=O) groups is 2. The minimum absolute atomic E-state index is 0.0837. The van der Waals surface area contributed by atoms with Crippen molar-refractivity contribution < 1.29 is 24.9 Å². The van der Waals surface area contributed by atoms with Crippen LogP contribution in [0.1, 0.15) is 56.9 Å². The van der Waals surface area contributed by atoms with Gasteiger partial charge in [0, 0.05) is 12.1 Å². The first-order valence-corrected chi connectivity index (χ1v) is 12.2. The molecular formula is C27H40N4O5. The summed E-state index contributed by atoms with van der Waals surface area (Å²) in [6.07, 6.45) is 0.885. The van der Waals surface area contributed by atoms with Gasteiger partial charge in [-0.25, -0.2) is 4.79 Å². The first-order valence-electron chi connectivity index (χ1n) is 12.2. The lowest BCUT2D eigenvalue weighted by atomic mass is 9.93. The molecular weight excluding hydrogens is 460 g/mol. The van der Waals surface area contributed by atoms with Gasteiger partial charge in [0.25, 0.3) is 0 Å². The van der Waals surface area contributed by atoms with E-state index in [4.69, 9.17) is 5.73 Å². The van der Waals surface area contributed by atoms with Crippen LogP contribution in [0.4, 0.5) is 10.5 Å². The Hall–Kier alpha value is -3.14. The van der Waals surface area contributed by atoms with Crippen molar-refractivity contribution in [1.29, 1.82) is 0 Å². The van der Waals surface area contributed by atoms with Crippen LogP contribution in [-0.2, 0) is 17.6 Å². The van der Waals surface area contributed by atoms with Gasteiger partial charge >= 0.3 is 6.03 Å². The van der Waals surface area contributed by atoms with Gasteiger partial charge in [-0.3, -0.25) is 4.79 Å². The second kappa shape index (κ2) is 13.2. The van der Waals surface area contributed by atoms with E-state index < -0.39 is 12.1 Å². The summed E-state index contributed by atoms with van der Waals surface area (Å²) < 4.78 is 0. The van der Waals surface area contributed by atoms with Crippen molar-refractivity contribution in [2.75, 3.05) is 18.5 Å². The van der Waals surface area contributed by atoms with Crippen LogP contribution in [0.5, 0.6) is 5.75 Å². The summed E-state index contributed by atoms with van der Waals surface area (Å²) in [5, 5.41) is 38.7. The number of anilines is 1. The Bertz CT molecular complexity index is 1030. The highest BCUT2D eigenvalue weighted by Crippen LogP contribution is 2.27. The van der Waals surface area contributed by atoms with E-state index in [0.29, 0.717) is 12.0 Å². The Morgan fingerprint density at radius 2 is 1.81 bits per heavy atom. The van der Waals surface area contributed by atoms with Gasteiger partial charge < -0.3 is 37.0 Å². The van der Waals surface area contributed by atoms with Crippen molar-refractivity contribution >= 4 is 17.6 Å². The molecule has 2 aromatic carbocycles. The van der Waals surface area contributed by atoms with Gasteiger partial charge in [0.05, 0.1) is 30.9 Å². The molecule has 0 spiro atoms. The molecule has 0 unspecified atom stereocenters. The maximum absolute atomic E-state index is 12.5. The summed E-state index contributed by atoms with van der Waals surface area (Å²) in [7, 11) is 0. The molecule has 0 saturated carbocycles. The summed E-state index contributed by atoms with van der Waals surface area (Å²) in [6, 6.07) is 11.2. The summed E-state index contributed by atoms with van der Waals surface area (Å²) >= 11 is 0. The predicted octanol–water partition coefficient (Wildman–Crippen LogP) is 2.59. The monoisotopic (exact) mass is 500 g/mol. The summed E-state index contributed by atoms with van der Waals surface area (Å²) in [4.78, 5) is 23.6. The lowest BCUT2D eigenvalue weighted by Crippen LogP contribution is -2.43. The van der Waals surface area contributed by atoms with E-state index in [1.54, 1.807) is 6.07 Å². The number of phenols is 1. The number of primary amides is 1. The first kappa shape index (κ1) is 29.1. The molecule has 8 N–H and O–H groups in total. The van der Waals surface area contributed by atoms with Crippen molar-refractivity contribution in [2.24, 2.45) is 11.7 Å². The van der Waals surface area contributed by atoms with Gasteiger partial charge in [0.15, 0.2) is 0 Å². The van der Waals surface area contributed by atoms with Crippen molar-refractivity contribution in [3.63, 3.8) is 0 Å². The Labute approximate surface area is 213 Å². The Kier molecular flexibility index (Phi) is 10.7. The molecule has 2 aromatic rings. The van der Waals surface area contributed by atoms with E-state index in [9.17, 15) is 24.9 Å². The van der Waals surface area contributed by atoms with E-state index >= 15 is 0 Å². The largest absolute Gasteiger partial charge is 0.506 e. The SMILES string of the molecule is CC[C@H](C)[C@@H](CO)NC(=O)Cc1cccc(CC(C)(C)NC[C@H](O)c2ccc(O)c(NC(N)=O)c2)c1. The first-order chi connectivity index (χ1) is 16.9. The van der Waals surface area contributed by atoms with Crippen LogP contribution in [0, 0.1) is 5.92 Å². The van der Waals surface area contributed by atoms with Crippen LogP contribution in [0.25, 0.3) is 0 Å². The maximum atomic E-state index is 12.5. The van der Waals surface area contributed by atoms with Crippen LogP contribution in [0.15, 0.2) is 42.5 Å². The average Bonchev–Trinajstić information content (AvgIpc) is 2.81. The number of aliphatic hydroxyl groups is 2. The normalized spacial score (nSPS) is 14.1. The molecule has 0 aliphatic heterocycles. The van der Waals surface area contributed by atoms with Gasteiger partial charge in [-0.05, 0) is 55.0 Å². The standard InChI is InChI=1S/C27H40N4O5/c1-5-17(2)22(16-32)30-25(35)12-18-7-6-8-19(11-18)14-27(3,4)29-15-24(34)20-9-10-23(33)21(13-20)31-26(28)36/h6-11,13,17,22,24,29,32-34H,5,12,14-16H2,1-4H3,(H,30,35)(H3,28,31,36)/t17-,22+,24-/m0/s1.